The zero-order chi connectivity index (χ0) is 14.5. The standard InChI is InChI=1S/C19H18O2/c1-20-14-21-19-10-9-17-12-16(7-8-18(17)13-19)11-15-5-3-2-4-6-15/h2-10,12-13H,11,14H2,1H3. The Morgan fingerprint density at radius 2 is 1.52 bits per heavy atom. The lowest BCUT2D eigenvalue weighted by molar-refractivity contribution is 0.0512. The van der Waals surface area contributed by atoms with E-state index in [0.717, 1.165) is 12.2 Å². The molecule has 0 radical (unpaired) electrons. The highest BCUT2D eigenvalue weighted by Crippen LogP contribution is 2.23. The van der Waals surface area contributed by atoms with Crippen LogP contribution < -0.4 is 4.74 Å². The summed E-state index contributed by atoms with van der Waals surface area (Å²) in [5.41, 5.74) is 2.65. The Morgan fingerprint density at radius 3 is 2.33 bits per heavy atom. The van der Waals surface area contributed by atoms with Crippen molar-refractivity contribution in [2.24, 2.45) is 0 Å². The summed E-state index contributed by atoms with van der Waals surface area (Å²) < 4.78 is 10.4. The summed E-state index contributed by atoms with van der Waals surface area (Å²) >= 11 is 0. The number of hydrogen-bond acceptors (Lipinski definition) is 2. The third-order valence-corrected chi connectivity index (χ3v) is 3.47. The van der Waals surface area contributed by atoms with Gasteiger partial charge in [0.05, 0.1) is 0 Å². The summed E-state index contributed by atoms with van der Waals surface area (Å²) in [7, 11) is 1.62. The molecule has 0 unspecified atom stereocenters. The molecule has 0 aliphatic heterocycles. The Bertz CT molecular complexity index is 720. The molecule has 2 nitrogen and oxygen atoms in total. The van der Waals surface area contributed by atoms with Crippen molar-refractivity contribution in [3.63, 3.8) is 0 Å². The topological polar surface area (TPSA) is 18.5 Å². The zero-order valence-electron chi connectivity index (χ0n) is 12.1. The van der Waals surface area contributed by atoms with Gasteiger partial charge in [-0.2, -0.15) is 0 Å². The van der Waals surface area contributed by atoms with E-state index in [4.69, 9.17) is 9.47 Å². The molecular formula is C19H18O2. The first kappa shape index (κ1) is 13.7. The lowest BCUT2D eigenvalue weighted by atomic mass is 10.0. The molecule has 2 heteroatoms. The van der Waals surface area contributed by atoms with E-state index in [1.807, 2.05) is 18.2 Å². The normalized spacial score (nSPS) is 10.7. The molecule has 3 aromatic rings. The SMILES string of the molecule is COCOc1ccc2cc(Cc3ccccc3)ccc2c1. The largest absolute Gasteiger partial charge is 0.468 e. The Hall–Kier alpha value is -2.32. The molecule has 0 aliphatic rings. The fraction of sp³-hybridized carbons (Fsp3) is 0.158. The maximum Gasteiger partial charge on any atom is 0.188 e. The van der Waals surface area contributed by atoms with Gasteiger partial charge in [-0.1, -0.05) is 54.6 Å². The van der Waals surface area contributed by atoms with E-state index < -0.39 is 0 Å². The van der Waals surface area contributed by atoms with Gasteiger partial charge < -0.3 is 9.47 Å². The molecule has 0 amide bonds. The number of rotatable bonds is 5. The second-order valence-corrected chi connectivity index (χ2v) is 5.06. The van der Waals surface area contributed by atoms with Crippen molar-refractivity contribution in [3.8, 4) is 5.75 Å². The van der Waals surface area contributed by atoms with Crippen LogP contribution in [0.25, 0.3) is 10.8 Å². The number of hydrogen-bond donors (Lipinski definition) is 0. The number of fused-ring (bicyclic) bond motifs is 1. The molecule has 0 heterocycles. The average Bonchev–Trinajstić information content (AvgIpc) is 2.54. The highest BCUT2D eigenvalue weighted by Gasteiger charge is 2.01. The summed E-state index contributed by atoms with van der Waals surface area (Å²) in [5, 5.41) is 2.41. The first-order valence-electron chi connectivity index (χ1n) is 7.03. The third kappa shape index (κ3) is 3.41. The summed E-state index contributed by atoms with van der Waals surface area (Å²) in [6.07, 6.45) is 0.957. The van der Waals surface area contributed by atoms with Gasteiger partial charge in [0.15, 0.2) is 6.79 Å². The van der Waals surface area contributed by atoms with Crippen LogP contribution in [-0.2, 0) is 11.2 Å². The molecule has 0 saturated heterocycles. The lowest BCUT2D eigenvalue weighted by Crippen LogP contribution is -1.98. The van der Waals surface area contributed by atoms with E-state index in [0.29, 0.717) is 0 Å². The monoisotopic (exact) mass is 278 g/mol. The second kappa shape index (κ2) is 6.42. The van der Waals surface area contributed by atoms with E-state index in [-0.39, 0.29) is 6.79 Å². The Balaban J connectivity index is 1.83. The van der Waals surface area contributed by atoms with Gasteiger partial charge in [-0.05, 0) is 40.5 Å². The van der Waals surface area contributed by atoms with Gasteiger partial charge in [-0.15, -0.1) is 0 Å². The van der Waals surface area contributed by atoms with Gasteiger partial charge in [0.25, 0.3) is 0 Å². The fourth-order valence-electron chi connectivity index (χ4n) is 2.43. The first-order chi connectivity index (χ1) is 10.3. The number of methoxy groups -OCH3 is 1. The van der Waals surface area contributed by atoms with E-state index in [2.05, 4.69) is 48.5 Å². The van der Waals surface area contributed by atoms with Crippen LogP contribution in [0.4, 0.5) is 0 Å². The quantitative estimate of drug-likeness (QED) is 0.643. The highest BCUT2D eigenvalue weighted by molar-refractivity contribution is 5.84. The van der Waals surface area contributed by atoms with Gasteiger partial charge >= 0.3 is 0 Å². The second-order valence-electron chi connectivity index (χ2n) is 5.06. The lowest BCUT2D eigenvalue weighted by Gasteiger charge is -2.08. The van der Waals surface area contributed by atoms with Gasteiger partial charge in [0.2, 0.25) is 0 Å². The fourth-order valence-corrected chi connectivity index (χ4v) is 2.43. The van der Waals surface area contributed by atoms with Crippen LogP contribution in [-0.4, -0.2) is 13.9 Å². The summed E-state index contributed by atoms with van der Waals surface area (Å²) in [6.45, 7) is 0.275. The zero-order valence-corrected chi connectivity index (χ0v) is 12.1. The van der Waals surface area contributed by atoms with Gasteiger partial charge in [-0.25, -0.2) is 0 Å². The molecular weight excluding hydrogens is 260 g/mol. The summed E-state index contributed by atoms with van der Waals surface area (Å²) in [5.74, 6) is 0.833. The van der Waals surface area contributed by atoms with Crippen LogP contribution >= 0.6 is 0 Å². The first-order valence-corrected chi connectivity index (χ1v) is 7.03. The van der Waals surface area contributed by atoms with Crippen LogP contribution in [0.5, 0.6) is 5.75 Å². The van der Waals surface area contributed by atoms with Crippen molar-refractivity contribution in [3.05, 3.63) is 77.9 Å². The Kier molecular flexibility index (Phi) is 4.17. The average molecular weight is 278 g/mol. The molecule has 0 aromatic heterocycles. The highest BCUT2D eigenvalue weighted by atomic mass is 16.7. The molecule has 0 bridgehead atoms. The van der Waals surface area contributed by atoms with Crippen molar-refractivity contribution in [1.29, 1.82) is 0 Å². The molecule has 0 aliphatic carbocycles. The molecule has 21 heavy (non-hydrogen) atoms. The predicted octanol–water partition coefficient (Wildman–Crippen LogP) is 4.41. The van der Waals surface area contributed by atoms with Crippen LogP contribution in [0.1, 0.15) is 11.1 Å². The van der Waals surface area contributed by atoms with Gasteiger partial charge in [0.1, 0.15) is 5.75 Å². The Morgan fingerprint density at radius 1 is 0.762 bits per heavy atom. The number of ether oxygens (including phenoxy) is 2. The minimum Gasteiger partial charge on any atom is -0.468 e. The van der Waals surface area contributed by atoms with E-state index >= 15 is 0 Å². The number of benzene rings is 3. The predicted molar refractivity (Wildman–Crippen MR) is 85.7 cm³/mol. The molecule has 0 saturated carbocycles. The maximum absolute atomic E-state index is 5.47. The molecule has 3 rings (SSSR count). The van der Waals surface area contributed by atoms with Crippen molar-refractivity contribution in [1.82, 2.24) is 0 Å². The van der Waals surface area contributed by atoms with E-state index in [1.165, 1.54) is 21.9 Å². The van der Waals surface area contributed by atoms with Crippen LogP contribution in [0.3, 0.4) is 0 Å². The minimum absolute atomic E-state index is 0.275. The molecule has 0 atom stereocenters. The smallest absolute Gasteiger partial charge is 0.188 e. The van der Waals surface area contributed by atoms with E-state index in [1.54, 1.807) is 7.11 Å². The van der Waals surface area contributed by atoms with Gasteiger partial charge in [-0.3, -0.25) is 0 Å². The van der Waals surface area contributed by atoms with Crippen LogP contribution in [0.15, 0.2) is 66.7 Å². The minimum atomic E-state index is 0.275. The molecule has 3 aromatic carbocycles. The van der Waals surface area contributed by atoms with Crippen molar-refractivity contribution < 1.29 is 9.47 Å². The summed E-state index contributed by atoms with van der Waals surface area (Å²) in [6, 6.07) is 23.2. The molecule has 106 valence electrons. The van der Waals surface area contributed by atoms with Gasteiger partial charge in [0, 0.05) is 7.11 Å². The summed E-state index contributed by atoms with van der Waals surface area (Å²) in [4.78, 5) is 0. The van der Waals surface area contributed by atoms with Crippen LogP contribution in [0, 0.1) is 0 Å². The van der Waals surface area contributed by atoms with E-state index in [9.17, 15) is 0 Å². The van der Waals surface area contributed by atoms with Crippen molar-refractivity contribution in [2.75, 3.05) is 13.9 Å². The molecule has 0 fully saturated rings. The molecule has 0 N–H and O–H groups in total. The molecule has 0 spiro atoms. The van der Waals surface area contributed by atoms with Crippen molar-refractivity contribution >= 4 is 10.8 Å². The third-order valence-electron chi connectivity index (χ3n) is 3.47. The van der Waals surface area contributed by atoms with Crippen molar-refractivity contribution in [2.45, 2.75) is 6.42 Å². The Labute approximate surface area is 124 Å². The maximum atomic E-state index is 5.47. The van der Waals surface area contributed by atoms with Crippen LogP contribution in [0.2, 0.25) is 0 Å².